The van der Waals surface area contributed by atoms with Gasteiger partial charge in [0.2, 0.25) is 0 Å². The van der Waals surface area contributed by atoms with Crippen molar-refractivity contribution in [3.63, 3.8) is 0 Å². The van der Waals surface area contributed by atoms with Gasteiger partial charge in [-0.2, -0.15) is 0 Å². The molecule has 25 heavy (non-hydrogen) atoms. The molecule has 2 rings (SSSR count). The lowest BCUT2D eigenvalue weighted by atomic mass is 9.96. The van der Waals surface area contributed by atoms with E-state index in [0.717, 1.165) is 18.4 Å². The number of hydrogen-bond donors (Lipinski definition) is 2. The Kier molecular flexibility index (Phi) is 7.29. The highest BCUT2D eigenvalue weighted by atomic mass is 35.5. The number of urea groups is 1. The number of methoxy groups -OCH3 is 1. The lowest BCUT2D eigenvalue weighted by Gasteiger charge is -2.29. The van der Waals surface area contributed by atoms with E-state index in [-0.39, 0.29) is 6.03 Å². The van der Waals surface area contributed by atoms with Crippen molar-refractivity contribution >= 4 is 17.6 Å². The van der Waals surface area contributed by atoms with Crippen LogP contribution in [0.3, 0.4) is 0 Å². The van der Waals surface area contributed by atoms with E-state index >= 15 is 0 Å². The maximum absolute atomic E-state index is 12.0. The predicted molar refractivity (Wildman–Crippen MR) is 102 cm³/mol. The van der Waals surface area contributed by atoms with E-state index < -0.39 is 5.60 Å². The third-order valence-corrected chi connectivity index (χ3v) is 4.48. The first-order valence-electron chi connectivity index (χ1n) is 8.40. The molecule has 0 aliphatic carbocycles. The number of halogens is 1. The Hall–Kier alpha value is -2.04. The van der Waals surface area contributed by atoms with Crippen LogP contribution >= 0.6 is 11.6 Å². The lowest BCUT2D eigenvalue weighted by molar-refractivity contribution is 0.00489. The summed E-state index contributed by atoms with van der Waals surface area (Å²) in [7, 11) is 1.63. The van der Waals surface area contributed by atoms with Crippen molar-refractivity contribution < 1.29 is 9.53 Å². The van der Waals surface area contributed by atoms with Gasteiger partial charge in [-0.3, -0.25) is 0 Å². The standard InChI is InChI=1S/C20H25ClN2O2/c1-20(25-2,17-11-6-12-18(21)14-17)15-23-19(24)22-13-7-10-16-8-4-3-5-9-16/h3-6,8-9,11-12,14H,7,10,13,15H2,1-2H3,(H2,22,23,24)/t20-/m0/s1. The van der Waals surface area contributed by atoms with E-state index in [9.17, 15) is 4.79 Å². The number of hydrogen-bond acceptors (Lipinski definition) is 2. The molecule has 0 bridgehead atoms. The van der Waals surface area contributed by atoms with Gasteiger partial charge in [-0.1, -0.05) is 54.1 Å². The molecule has 134 valence electrons. The van der Waals surface area contributed by atoms with Crippen LogP contribution in [0.1, 0.15) is 24.5 Å². The fraction of sp³-hybridized carbons (Fsp3) is 0.350. The summed E-state index contributed by atoms with van der Waals surface area (Å²) in [5, 5.41) is 6.40. The molecule has 0 aliphatic rings. The van der Waals surface area contributed by atoms with Crippen LogP contribution in [-0.4, -0.2) is 26.2 Å². The van der Waals surface area contributed by atoms with E-state index in [2.05, 4.69) is 22.8 Å². The second-order valence-electron chi connectivity index (χ2n) is 6.14. The third-order valence-electron chi connectivity index (χ3n) is 4.24. The van der Waals surface area contributed by atoms with Gasteiger partial charge in [-0.15, -0.1) is 0 Å². The zero-order valence-electron chi connectivity index (χ0n) is 14.7. The Morgan fingerprint density at radius 3 is 2.56 bits per heavy atom. The molecule has 2 amide bonds. The molecule has 0 heterocycles. The van der Waals surface area contributed by atoms with Crippen molar-refractivity contribution in [2.24, 2.45) is 0 Å². The molecular formula is C20H25ClN2O2. The number of ether oxygens (including phenoxy) is 1. The highest BCUT2D eigenvalue weighted by molar-refractivity contribution is 6.30. The van der Waals surface area contributed by atoms with E-state index in [0.29, 0.717) is 18.1 Å². The number of nitrogens with one attached hydrogen (secondary N) is 2. The van der Waals surface area contributed by atoms with E-state index in [1.54, 1.807) is 7.11 Å². The van der Waals surface area contributed by atoms with Gasteiger partial charge in [0.05, 0.1) is 6.54 Å². The minimum Gasteiger partial charge on any atom is -0.372 e. The fourth-order valence-electron chi connectivity index (χ4n) is 2.56. The normalized spacial score (nSPS) is 13.1. The molecule has 5 heteroatoms. The Balaban J connectivity index is 1.76. The Bertz CT molecular complexity index is 678. The minimum atomic E-state index is -0.633. The van der Waals surface area contributed by atoms with Crippen molar-refractivity contribution in [3.8, 4) is 0 Å². The zero-order chi connectivity index (χ0) is 18.1. The minimum absolute atomic E-state index is 0.196. The molecule has 0 fully saturated rings. The van der Waals surface area contributed by atoms with Crippen LogP contribution in [0.2, 0.25) is 5.02 Å². The Morgan fingerprint density at radius 2 is 1.88 bits per heavy atom. The summed E-state index contributed by atoms with van der Waals surface area (Å²) in [5.74, 6) is 0. The van der Waals surface area contributed by atoms with Gasteiger partial charge in [0.25, 0.3) is 0 Å². The SMILES string of the molecule is CO[C@@](C)(CNC(=O)NCCCc1ccccc1)c1cccc(Cl)c1. The Morgan fingerprint density at radius 1 is 1.12 bits per heavy atom. The fourth-order valence-corrected chi connectivity index (χ4v) is 2.75. The summed E-state index contributed by atoms with van der Waals surface area (Å²) in [6, 6.07) is 17.5. The van der Waals surface area contributed by atoms with Crippen LogP contribution in [0, 0.1) is 0 Å². The van der Waals surface area contributed by atoms with Gasteiger partial charge < -0.3 is 15.4 Å². The number of amides is 2. The molecule has 2 aromatic carbocycles. The topological polar surface area (TPSA) is 50.4 Å². The first-order valence-corrected chi connectivity index (χ1v) is 8.78. The van der Waals surface area contributed by atoms with Gasteiger partial charge >= 0.3 is 6.03 Å². The maximum atomic E-state index is 12.0. The van der Waals surface area contributed by atoms with Crippen molar-refractivity contribution in [2.75, 3.05) is 20.2 Å². The molecule has 0 unspecified atom stereocenters. The monoisotopic (exact) mass is 360 g/mol. The second-order valence-corrected chi connectivity index (χ2v) is 6.58. The van der Waals surface area contributed by atoms with E-state index in [1.807, 2.05) is 49.4 Å². The summed E-state index contributed by atoms with van der Waals surface area (Å²) in [5.41, 5.74) is 1.57. The van der Waals surface area contributed by atoms with Crippen LogP contribution in [0.5, 0.6) is 0 Å². The summed E-state index contributed by atoms with van der Waals surface area (Å²) < 4.78 is 5.61. The molecule has 0 spiro atoms. The zero-order valence-corrected chi connectivity index (χ0v) is 15.5. The highest BCUT2D eigenvalue weighted by Gasteiger charge is 2.27. The number of rotatable bonds is 8. The number of carbonyl (C=O) groups excluding carboxylic acids is 1. The first-order chi connectivity index (χ1) is 12.0. The maximum Gasteiger partial charge on any atom is 0.314 e. The largest absolute Gasteiger partial charge is 0.372 e. The molecule has 2 N–H and O–H groups in total. The number of benzene rings is 2. The summed E-state index contributed by atoms with van der Waals surface area (Å²) in [6.45, 7) is 2.91. The average Bonchev–Trinajstić information content (AvgIpc) is 2.64. The highest BCUT2D eigenvalue weighted by Crippen LogP contribution is 2.26. The summed E-state index contributed by atoms with van der Waals surface area (Å²) in [4.78, 5) is 12.0. The summed E-state index contributed by atoms with van der Waals surface area (Å²) in [6.07, 6.45) is 1.84. The molecule has 1 atom stereocenters. The van der Waals surface area contributed by atoms with Crippen LogP contribution < -0.4 is 10.6 Å². The van der Waals surface area contributed by atoms with Gasteiger partial charge in [-0.05, 0) is 43.0 Å². The van der Waals surface area contributed by atoms with Crippen LogP contribution in [0.4, 0.5) is 4.79 Å². The molecule has 0 aliphatic heterocycles. The molecule has 0 radical (unpaired) electrons. The second kappa shape index (κ2) is 9.44. The third kappa shape index (κ3) is 6.07. The quantitative estimate of drug-likeness (QED) is 0.695. The number of aryl methyl sites for hydroxylation is 1. The van der Waals surface area contributed by atoms with E-state index in [1.165, 1.54) is 5.56 Å². The van der Waals surface area contributed by atoms with Crippen molar-refractivity contribution in [1.29, 1.82) is 0 Å². The van der Waals surface area contributed by atoms with Gasteiger partial charge in [-0.25, -0.2) is 4.79 Å². The molecule has 0 saturated carbocycles. The molecule has 0 aromatic heterocycles. The van der Waals surface area contributed by atoms with Crippen LogP contribution in [0.25, 0.3) is 0 Å². The van der Waals surface area contributed by atoms with Gasteiger partial charge in [0, 0.05) is 18.7 Å². The average molecular weight is 361 g/mol. The van der Waals surface area contributed by atoms with Crippen LogP contribution in [-0.2, 0) is 16.8 Å². The smallest absolute Gasteiger partial charge is 0.314 e. The van der Waals surface area contributed by atoms with Crippen molar-refractivity contribution in [2.45, 2.75) is 25.4 Å². The Labute approximate surface area is 154 Å². The van der Waals surface area contributed by atoms with Gasteiger partial charge in [0.15, 0.2) is 0 Å². The molecule has 2 aromatic rings. The lowest BCUT2D eigenvalue weighted by Crippen LogP contribution is -2.44. The summed E-state index contributed by atoms with van der Waals surface area (Å²) >= 11 is 6.05. The van der Waals surface area contributed by atoms with Crippen LogP contribution in [0.15, 0.2) is 54.6 Å². The molecule has 4 nitrogen and oxygen atoms in total. The van der Waals surface area contributed by atoms with E-state index in [4.69, 9.17) is 16.3 Å². The number of carbonyl (C=O) groups is 1. The predicted octanol–water partition coefficient (Wildman–Crippen LogP) is 4.13. The molecule has 0 saturated heterocycles. The first kappa shape index (κ1) is 19.3. The van der Waals surface area contributed by atoms with Crippen molar-refractivity contribution in [3.05, 3.63) is 70.7 Å². The molecular weight excluding hydrogens is 336 g/mol. The van der Waals surface area contributed by atoms with Crippen molar-refractivity contribution in [1.82, 2.24) is 10.6 Å². The van der Waals surface area contributed by atoms with Gasteiger partial charge in [0.1, 0.15) is 5.60 Å².